The number of hydrogen-bond acceptors (Lipinski definition) is 3. The van der Waals surface area contributed by atoms with Gasteiger partial charge in [-0.1, -0.05) is 42.5 Å². The first-order valence-corrected chi connectivity index (χ1v) is 9.19. The van der Waals surface area contributed by atoms with E-state index < -0.39 is 11.4 Å². The van der Waals surface area contributed by atoms with Crippen LogP contribution in [0, 0.1) is 5.82 Å². The summed E-state index contributed by atoms with van der Waals surface area (Å²) in [5.41, 5.74) is 1.39. The SMILES string of the molecule is C[C@@H](CCc1ccccc1)NC(=O)Cn1nc(-c2ccccc2F)ccc1=O. The van der Waals surface area contributed by atoms with E-state index in [0.717, 1.165) is 17.5 Å². The maximum Gasteiger partial charge on any atom is 0.267 e. The molecule has 1 atom stereocenters. The Kier molecular flexibility index (Phi) is 6.32. The fraction of sp³-hybridized carbons (Fsp3) is 0.227. The molecule has 3 aromatic rings. The largest absolute Gasteiger partial charge is 0.352 e. The molecular formula is C22H22FN3O2. The second kappa shape index (κ2) is 9.08. The zero-order valence-electron chi connectivity index (χ0n) is 15.6. The quantitative estimate of drug-likeness (QED) is 0.686. The van der Waals surface area contributed by atoms with Crippen molar-refractivity contribution < 1.29 is 9.18 Å². The van der Waals surface area contributed by atoms with Crippen molar-refractivity contribution in [2.24, 2.45) is 0 Å². The Morgan fingerprint density at radius 3 is 2.54 bits per heavy atom. The van der Waals surface area contributed by atoms with E-state index in [0.29, 0.717) is 5.69 Å². The monoisotopic (exact) mass is 379 g/mol. The third kappa shape index (κ3) is 5.13. The molecule has 3 rings (SSSR count). The summed E-state index contributed by atoms with van der Waals surface area (Å²) in [5, 5.41) is 7.03. The normalized spacial score (nSPS) is 11.8. The number of nitrogens with zero attached hydrogens (tertiary/aromatic N) is 2. The molecule has 1 heterocycles. The molecule has 2 aromatic carbocycles. The molecule has 144 valence electrons. The first-order valence-electron chi connectivity index (χ1n) is 9.19. The summed E-state index contributed by atoms with van der Waals surface area (Å²) in [7, 11) is 0. The lowest BCUT2D eigenvalue weighted by Crippen LogP contribution is -2.38. The molecule has 1 aromatic heterocycles. The molecule has 28 heavy (non-hydrogen) atoms. The van der Waals surface area contributed by atoms with Gasteiger partial charge in [-0.15, -0.1) is 0 Å². The van der Waals surface area contributed by atoms with Crippen molar-refractivity contribution in [3.8, 4) is 11.3 Å². The molecule has 0 saturated heterocycles. The van der Waals surface area contributed by atoms with E-state index in [4.69, 9.17) is 0 Å². The molecule has 0 aliphatic heterocycles. The molecule has 0 radical (unpaired) electrons. The summed E-state index contributed by atoms with van der Waals surface area (Å²) < 4.78 is 15.0. The van der Waals surface area contributed by atoms with Crippen LogP contribution in [0.15, 0.2) is 71.5 Å². The fourth-order valence-electron chi connectivity index (χ4n) is 2.93. The Morgan fingerprint density at radius 1 is 1.07 bits per heavy atom. The van der Waals surface area contributed by atoms with Crippen molar-refractivity contribution in [3.63, 3.8) is 0 Å². The van der Waals surface area contributed by atoms with E-state index in [9.17, 15) is 14.0 Å². The molecule has 0 aliphatic carbocycles. The number of nitrogens with one attached hydrogen (secondary N) is 1. The van der Waals surface area contributed by atoms with E-state index in [1.54, 1.807) is 18.2 Å². The van der Waals surface area contributed by atoms with Crippen LogP contribution in [-0.2, 0) is 17.8 Å². The number of rotatable bonds is 7. The summed E-state index contributed by atoms with van der Waals surface area (Å²) in [6.45, 7) is 1.71. The standard InChI is InChI=1S/C22H22FN3O2/c1-16(11-12-17-7-3-2-4-8-17)24-21(27)15-26-22(28)14-13-20(25-26)18-9-5-6-10-19(18)23/h2-10,13-14,16H,11-12,15H2,1H3,(H,24,27)/t16-/m0/s1. The topological polar surface area (TPSA) is 64.0 Å². The van der Waals surface area contributed by atoms with Crippen LogP contribution in [0.5, 0.6) is 0 Å². The number of halogens is 1. The van der Waals surface area contributed by atoms with Gasteiger partial charge in [0, 0.05) is 17.7 Å². The Labute approximate surface area is 162 Å². The van der Waals surface area contributed by atoms with E-state index in [-0.39, 0.29) is 24.1 Å². The zero-order chi connectivity index (χ0) is 19.9. The van der Waals surface area contributed by atoms with Crippen LogP contribution in [0.25, 0.3) is 11.3 Å². The predicted octanol–water partition coefficient (Wildman–Crippen LogP) is 3.19. The highest BCUT2D eigenvalue weighted by Gasteiger charge is 2.12. The van der Waals surface area contributed by atoms with Gasteiger partial charge in [-0.2, -0.15) is 5.10 Å². The first-order chi connectivity index (χ1) is 13.5. The number of hydrogen-bond donors (Lipinski definition) is 1. The summed E-state index contributed by atoms with van der Waals surface area (Å²) in [5.74, 6) is -0.736. The minimum absolute atomic E-state index is 0.0434. The molecule has 0 bridgehead atoms. The van der Waals surface area contributed by atoms with Gasteiger partial charge in [-0.25, -0.2) is 9.07 Å². The minimum atomic E-state index is -0.431. The Morgan fingerprint density at radius 2 is 1.79 bits per heavy atom. The van der Waals surface area contributed by atoms with Gasteiger partial charge in [0.1, 0.15) is 12.4 Å². The van der Waals surface area contributed by atoms with Gasteiger partial charge in [0.05, 0.1) is 5.69 Å². The minimum Gasteiger partial charge on any atom is -0.352 e. The van der Waals surface area contributed by atoms with E-state index in [1.807, 2.05) is 37.3 Å². The van der Waals surface area contributed by atoms with Gasteiger partial charge in [0.15, 0.2) is 0 Å². The molecule has 1 N–H and O–H groups in total. The Balaban J connectivity index is 1.63. The van der Waals surface area contributed by atoms with Gasteiger partial charge in [-0.3, -0.25) is 9.59 Å². The van der Waals surface area contributed by atoms with Crippen LogP contribution < -0.4 is 10.9 Å². The van der Waals surface area contributed by atoms with Gasteiger partial charge >= 0.3 is 0 Å². The van der Waals surface area contributed by atoms with E-state index >= 15 is 0 Å². The third-order valence-electron chi connectivity index (χ3n) is 4.43. The lowest BCUT2D eigenvalue weighted by molar-refractivity contribution is -0.122. The predicted molar refractivity (Wildman–Crippen MR) is 106 cm³/mol. The average Bonchev–Trinajstić information content (AvgIpc) is 2.69. The summed E-state index contributed by atoms with van der Waals surface area (Å²) in [4.78, 5) is 24.4. The van der Waals surface area contributed by atoms with Gasteiger partial charge < -0.3 is 5.32 Å². The van der Waals surface area contributed by atoms with Crippen molar-refractivity contribution in [1.82, 2.24) is 15.1 Å². The number of aromatic nitrogens is 2. The van der Waals surface area contributed by atoms with Crippen LogP contribution in [0.2, 0.25) is 0 Å². The average molecular weight is 379 g/mol. The molecule has 0 unspecified atom stereocenters. The van der Waals surface area contributed by atoms with Gasteiger partial charge in [-0.05, 0) is 43.5 Å². The second-order valence-electron chi connectivity index (χ2n) is 6.69. The maximum atomic E-state index is 14.0. The van der Waals surface area contributed by atoms with Crippen molar-refractivity contribution in [2.75, 3.05) is 0 Å². The number of carbonyl (C=O) groups excluding carboxylic acids is 1. The third-order valence-corrected chi connectivity index (χ3v) is 4.43. The lowest BCUT2D eigenvalue weighted by atomic mass is 10.1. The maximum absolute atomic E-state index is 14.0. The van der Waals surface area contributed by atoms with Crippen LogP contribution in [-0.4, -0.2) is 21.7 Å². The Bertz CT molecular complexity index is 1000. The fourth-order valence-corrected chi connectivity index (χ4v) is 2.93. The molecule has 0 aliphatic rings. The smallest absolute Gasteiger partial charge is 0.267 e. The Hall–Kier alpha value is -3.28. The van der Waals surface area contributed by atoms with Crippen molar-refractivity contribution in [1.29, 1.82) is 0 Å². The van der Waals surface area contributed by atoms with Gasteiger partial charge in [0.25, 0.3) is 5.56 Å². The van der Waals surface area contributed by atoms with Crippen LogP contribution in [0.3, 0.4) is 0 Å². The summed E-state index contributed by atoms with van der Waals surface area (Å²) in [6, 6.07) is 18.9. The molecule has 1 amide bonds. The van der Waals surface area contributed by atoms with Crippen LogP contribution >= 0.6 is 0 Å². The highest BCUT2D eigenvalue weighted by molar-refractivity contribution is 5.76. The van der Waals surface area contributed by atoms with Crippen molar-refractivity contribution >= 4 is 5.91 Å². The number of carbonyl (C=O) groups is 1. The van der Waals surface area contributed by atoms with E-state index in [2.05, 4.69) is 10.4 Å². The lowest BCUT2D eigenvalue weighted by Gasteiger charge is -2.14. The summed E-state index contributed by atoms with van der Waals surface area (Å²) in [6.07, 6.45) is 1.64. The number of amides is 1. The van der Waals surface area contributed by atoms with Crippen molar-refractivity contribution in [2.45, 2.75) is 32.4 Å². The number of benzene rings is 2. The first kappa shape index (κ1) is 19.5. The van der Waals surface area contributed by atoms with Crippen molar-refractivity contribution in [3.05, 3.63) is 88.5 Å². The highest BCUT2D eigenvalue weighted by atomic mass is 19.1. The van der Waals surface area contributed by atoms with Crippen LogP contribution in [0.1, 0.15) is 18.9 Å². The highest BCUT2D eigenvalue weighted by Crippen LogP contribution is 2.18. The molecule has 0 fully saturated rings. The summed E-state index contributed by atoms with van der Waals surface area (Å²) >= 11 is 0. The molecule has 0 spiro atoms. The molecular weight excluding hydrogens is 357 g/mol. The molecule has 0 saturated carbocycles. The molecule has 6 heteroatoms. The second-order valence-corrected chi connectivity index (χ2v) is 6.69. The van der Waals surface area contributed by atoms with Gasteiger partial charge in [0.2, 0.25) is 5.91 Å². The zero-order valence-corrected chi connectivity index (χ0v) is 15.6. The van der Waals surface area contributed by atoms with E-state index in [1.165, 1.54) is 23.8 Å². The number of aryl methyl sites for hydroxylation is 1. The van der Waals surface area contributed by atoms with Crippen LogP contribution in [0.4, 0.5) is 4.39 Å². The molecule has 5 nitrogen and oxygen atoms in total.